The first kappa shape index (κ1) is 18.5. The molecule has 0 unspecified atom stereocenters. The fraction of sp³-hybridized carbons (Fsp3) is 0.105. The van der Waals surface area contributed by atoms with Crippen LogP contribution >= 0.6 is 0 Å². The van der Waals surface area contributed by atoms with E-state index < -0.39 is 10.0 Å². The Labute approximate surface area is 157 Å². The monoisotopic (exact) mass is 382 g/mol. The van der Waals surface area contributed by atoms with Crippen molar-refractivity contribution in [3.05, 3.63) is 77.6 Å². The van der Waals surface area contributed by atoms with Gasteiger partial charge >= 0.3 is 0 Å². The Bertz CT molecular complexity index is 1070. The summed E-state index contributed by atoms with van der Waals surface area (Å²) in [6.07, 6.45) is 2.88. The first-order valence-corrected chi connectivity index (χ1v) is 9.62. The minimum Gasteiger partial charge on any atom is -0.322 e. The predicted molar refractivity (Wildman–Crippen MR) is 103 cm³/mol. The van der Waals surface area contributed by atoms with E-state index in [2.05, 4.69) is 20.0 Å². The van der Waals surface area contributed by atoms with Crippen molar-refractivity contribution in [3.63, 3.8) is 0 Å². The molecule has 3 rings (SSSR count). The topological polar surface area (TPSA) is 101 Å². The number of anilines is 2. The van der Waals surface area contributed by atoms with Crippen molar-refractivity contribution >= 4 is 27.6 Å². The zero-order valence-corrected chi connectivity index (χ0v) is 15.6. The van der Waals surface area contributed by atoms with Gasteiger partial charge in [0.2, 0.25) is 5.95 Å². The van der Waals surface area contributed by atoms with E-state index in [0.29, 0.717) is 11.3 Å². The molecule has 0 radical (unpaired) electrons. The van der Waals surface area contributed by atoms with E-state index in [1.807, 2.05) is 26.0 Å². The number of carbonyl (C=O) groups is 1. The highest BCUT2D eigenvalue weighted by Gasteiger charge is 2.16. The van der Waals surface area contributed by atoms with Crippen LogP contribution in [0.2, 0.25) is 0 Å². The minimum atomic E-state index is -3.81. The second kappa shape index (κ2) is 7.55. The lowest BCUT2D eigenvalue weighted by Gasteiger charge is -2.10. The Hall–Kier alpha value is -3.26. The summed E-state index contributed by atoms with van der Waals surface area (Å²) in [4.78, 5) is 20.2. The Morgan fingerprint density at radius 3 is 2.26 bits per heavy atom. The third-order valence-corrected chi connectivity index (χ3v) is 5.41. The Kier molecular flexibility index (Phi) is 5.18. The van der Waals surface area contributed by atoms with Crippen LogP contribution in [0.1, 0.15) is 21.5 Å². The SMILES string of the molecule is Cc1cccc(C(=O)Nc2ccc(S(=O)(=O)Nc3ncccn3)cc2)c1C. The van der Waals surface area contributed by atoms with Gasteiger partial charge in [0, 0.05) is 23.6 Å². The highest BCUT2D eigenvalue weighted by atomic mass is 32.2. The fourth-order valence-electron chi connectivity index (χ4n) is 2.44. The fourth-order valence-corrected chi connectivity index (χ4v) is 3.40. The molecule has 0 fully saturated rings. The van der Waals surface area contributed by atoms with Crippen molar-refractivity contribution in [1.29, 1.82) is 0 Å². The molecular weight excluding hydrogens is 364 g/mol. The first-order chi connectivity index (χ1) is 12.9. The van der Waals surface area contributed by atoms with Gasteiger partial charge < -0.3 is 5.32 Å². The zero-order chi connectivity index (χ0) is 19.4. The van der Waals surface area contributed by atoms with Crippen LogP contribution in [-0.4, -0.2) is 24.3 Å². The molecule has 0 aliphatic rings. The van der Waals surface area contributed by atoms with Crippen LogP contribution in [0.15, 0.2) is 65.8 Å². The Morgan fingerprint density at radius 1 is 0.926 bits per heavy atom. The molecule has 27 heavy (non-hydrogen) atoms. The molecule has 0 atom stereocenters. The molecule has 2 aromatic carbocycles. The number of hydrogen-bond donors (Lipinski definition) is 2. The summed E-state index contributed by atoms with van der Waals surface area (Å²) in [6, 6.07) is 13.0. The molecule has 0 aliphatic heterocycles. The summed E-state index contributed by atoms with van der Waals surface area (Å²) < 4.78 is 27.0. The molecule has 0 aliphatic carbocycles. The van der Waals surface area contributed by atoms with Gasteiger partial charge in [-0.3, -0.25) is 4.79 Å². The maximum atomic E-state index is 12.5. The third-order valence-electron chi connectivity index (χ3n) is 4.06. The van der Waals surface area contributed by atoms with Crippen LogP contribution in [0, 0.1) is 13.8 Å². The molecule has 2 N–H and O–H groups in total. The average molecular weight is 382 g/mol. The lowest BCUT2D eigenvalue weighted by molar-refractivity contribution is 0.102. The summed E-state index contributed by atoms with van der Waals surface area (Å²) >= 11 is 0. The maximum Gasteiger partial charge on any atom is 0.264 e. The number of rotatable bonds is 5. The lowest BCUT2D eigenvalue weighted by atomic mass is 10.0. The first-order valence-electron chi connectivity index (χ1n) is 8.14. The van der Waals surface area contributed by atoms with Gasteiger partial charge in [0.1, 0.15) is 0 Å². The van der Waals surface area contributed by atoms with Crippen molar-refractivity contribution < 1.29 is 13.2 Å². The lowest BCUT2D eigenvalue weighted by Crippen LogP contribution is -2.16. The largest absolute Gasteiger partial charge is 0.322 e. The smallest absolute Gasteiger partial charge is 0.264 e. The number of hydrogen-bond acceptors (Lipinski definition) is 5. The summed E-state index contributed by atoms with van der Waals surface area (Å²) in [5.41, 5.74) is 3.00. The van der Waals surface area contributed by atoms with Gasteiger partial charge in [-0.05, 0) is 61.4 Å². The number of sulfonamides is 1. The van der Waals surface area contributed by atoms with Crippen molar-refractivity contribution in [1.82, 2.24) is 9.97 Å². The van der Waals surface area contributed by atoms with Crippen LogP contribution in [0.25, 0.3) is 0 Å². The standard InChI is InChI=1S/C19H18N4O3S/c1-13-5-3-6-17(14(13)2)18(24)22-15-7-9-16(10-8-15)27(25,26)23-19-20-11-4-12-21-19/h3-12H,1-2H3,(H,22,24)(H,20,21,23). The van der Waals surface area contributed by atoms with Gasteiger partial charge in [-0.25, -0.2) is 23.1 Å². The van der Waals surface area contributed by atoms with Crippen molar-refractivity contribution in [2.75, 3.05) is 10.0 Å². The normalized spacial score (nSPS) is 11.0. The molecule has 0 spiro atoms. The Morgan fingerprint density at radius 2 is 1.59 bits per heavy atom. The van der Waals surface area contributed by atoms with Gasteiger partial charge in [-0.2, -0.15) is 0 Å². The molecule has 1 amide bonds. The van der Waals surface area contributed by atoms with Crippen LogP contribution in [-0.2, 0) is 10.0 Å². The number of aromatic nitrogens is 2. The number of aryl methyl sites for hydroxylation is 1. The molecular formula is C19H18N4O3S. The number of benzene rings is 2. The van der Waals surface area contributed by atoms with Crippen LogP contribution in [0.4, 0.5) is 11.6 Å². The van der Waals surface area contributed by atoms with E-state index in [9.17, 15) is 13.2 Å². The van der Waals surface area contributed by atoms with E-state index in [4.69, 9.17) is 0 Å². The summed E-state index contributed by atoms with van der Waals surface area (Å²) in [5.74, 6) is -0.257. The molecule has 7 nitrogen and oxygen atoms in total. The highest BCUT2D eigenvalue weighted by Crippen LogP contribution is 2.18. The minimum absolute atomic E-state index is 0.00944. The molecule has 3 aromatic rings. The average Bonchev–Trinajstić information content (AvgIpc) is 2.65. The van der Waals surface area contributed by atoms with Crippen molar-refractivity contribution in [2.45, 2.75) is 18.7 Å². The number of nitrogens with zero attached hydrogens (tertiary/aromatic N) is 2. The predicted octanol–water partition coefficient (Wildman–Crippen LogP) is 3.15. The second-order valence-electron chi connectivity index (χ2n) is 5.90. The number of carbonyl (C=O) groups excluding carboxylic acids is 1. The Balaban J connectivity index is 1.75. The summed E-state index contributed by atoms with van der Waals surface area (Å²) in [7, 11) is -3.81. The van der Waals surface area contributed by atoms with Crippen LogP contribution in [0.3, 0.4) is 0 Å². The molecule has 1 aromatic heterocycles. The highest BCUT2D eigenvalue weighted by molar-refractivity contribution is 7.92. The third kappa shape index (κ3) is 4.29. The van der Waals surface area contributed by atoms with E-state index >= 15 is 0 Å². The van der Waals surface area contributed by atoms with Crippen molar-refractivity contribution in [3.8, 4) is 0 Å². The quantitative estimate of drug-likeness (QED) is 0.706. The van der Waals surface area contributed by atoms with Crippen molar-refractivity contribution in [2.24, 2.45) is 0 Å². The van der Waals surface area contributed by atoms with Gasteiger partial charge in [-0.1, -0.05) is 12.1 Å². The molecule has 0 bridgehead atoms. The van der Waals surface area contributed by atoms with E-state index in [-0.39, 0.29) is 16.8 Å². The summed E-state index contributed by atoms with van der Waals surface area (Å²) in [6.45, 7) is 3.83. The summed E-state index contributed by atoms with van der Waals surface area (Å²) in [5, 5.41) is 2.78. The molecule has 1 heterocycles. The molecule has 138 valence electrons. The van der Waals surface area contributed by atoms with E-state index in [0.717, 1.165) is 11.1 Å². The van der Waals surface area contributed by atoms with Crippen LogP contribution in [0.5, 0.6) is 0 Å². The van der Waals surface area contributed by atoms with E-state index in [1.54, 1.807) is 12.1 Å². The molecule has 0 saturated heterocycles. The number of amides is 1. The molecule has 0 saturated carbocycles. The number of nitrogens with one attached hydrogen (secondary N) is 2. The van der Waals surface area contributed by atoms with Gasteiger partial charge in [-0.15, -0.1) is 0 Å². The van der Waals surface area contributed by atoms with Gasteiger partial charge in [0.15, 0.2) is 0 Å². The van der Waals surface area contributed by atoms with Gasteiger partial charge in [0.05, 0.1) is 4.90 Å². The zero-order valence-electron chi connectivity index (χ0n) is 14.8. The van der Waals surface area contributed by atoms with E-state index in [1.165, 1.54) is 36.7 Å². The van der Waals surface area contributed by atoms with Gasteiger partial charge in [0.25, 0.3) is 15.9 Å². The van der Waals surface area contributed by atoms with Crippen LogP contribution < -0.4 is 10.0 Å². The second-order valence-corrected chi connectivity index (χ2v) is 7.59. The maximum absolute atomic E-state index is 12.5. The molecule has 8 heteroatoms.